The molecule has 25 heavy (non-hydrogen) atoms. The lowest BCUT2D eigenvalue weighted by Gasteiger charge is -2.35. The van der Waals surface area contributed by atoms with E-state index < -0.39 is 0 Å². The zero-order valence-electron chi connectivity index (χ0n) is 14.6. The number of aryl methyl sites for hydroxylation is 1. The van der Waals surface area contributed by atoms with Crippen molar-refractivity contribution < 1.29 is 9.47 Å². The van der Waals surface area contributed by atoms with Crippen molar-refractivity contribution in [1.29, 1.82) is 0 Å². The first-order valence-corrected chi connectivity index (χ1v) is 8.76. The Hall–Kier alpha value is -1.89. The van der Waals surface area contributed by atoms with E-state index in [1.807, 2.05) is 31.2 Å². The lowest BCUT2D eigenvalue weighted by Crippen LogP contribution is -2.47. The Balaban J connectivity index is 1.63. The van der Waals surface area contributed by atoms with Crippen LogP contribution in [-0.4, -0.2) is 61.3 Å². The number of piperazine rings is 1. The molecular weight excluding hydrogens is 340 g/mol. The highest BCUT2D eigenvalue weighted by atomic mass is 35.5. The number of ether oxygens (including phenoxy) is 2. The van der Waals surface area contributed by atoms with Crippen LogP contribution in [0.25, 0.3) is 0 Å². The summed E-state index contributed by atoms with van der Waals surface area (Å²) < 4.78 is 11.0. The maximum absolute atomic E-state index is 6.05. The van der Waals surface area contributed by atoms with Gasteiger partial charge in [-0.1, -0.05) is 11.6 Å². The van der Waals surface area contributed by atoms with Gasteiger partial charge in [0.2, 0.25) is 5.88 Å². The summed E-state index contributed by atoms with van der Waals surface area (Å²) >= 11 is 6.05. The number of aromatic nitrogens is 2. The highest BCUT2D eigenvalue weighted by Gasteiger charge is 2.18. The largest absolute Gasteiger partial charge is 0.439 e. The number of benzene rings is 1. The fraction of sp³-hybridized carbons (Fsp3) is 0.444. The molecule has 1 aromatic carbocycles. The van der Waals surface area contributed by atoms with Gasteiger partial charge in [0.1, 0.15) is 17.9 Å². The standard InChI is InChI=1S/C18H23ClN4O2/c1-14-11-15(3-4-16(14)19)25-18-12-17(20-13-21-18)23-7-5-22(6-8-23)9-10-24-2/h3-4,11-13H,5-10H2,1-2H3. The molecular formula is C18H23ClN4O2. The lowest BCUT2D eigenvalue weighted by molar-refractivity contribution is 0.144. The van der Waals surface area contributed by atoms with E-state index in [-0.39, 0.29) is 0 Å². The number of methoxy groups -OCH3 is 1. The van der Waals surface area contributed by atoms with Gasteiger partial charge in [0.15, 0.2) is 0 Å². The van der Waals surface area contributed by atoms with Crippen LogP contribution in [0, 0.1) is 6.92 Å². The molecule has 6 nitrogen and oxygen atoms in total. The first-order valence-electron chi connectivity index (χ1n) is 8.38. The summed E-state index contributed by atoms with van der Waals surface area (Å²) in [5, 5.41) is 0.724. The third-order valence-corrected chi connectivity index (χ3v) is 4.71. The van der Waals surface area contributed by atoms with Gasteiger partial charge < -0.3 is 14.4 Å². The molecule has 0 spiro atoms. The first-order chi connectivity index (χ1) is 12.2. The zero-order valence-corrected chi connectivity index (χ0v) is 15.4. The fourth-order valence-electron chi connectivity index (χ4n) is 2.78. The summed E-state index contributed by atoms with van der Waals surface area (Å²) in [5.74, 6) is 2.14. The summed E-state index contributed by atoms with van der Waals surface area (Å²) in [4.78, 5) is 13.3. The Morgan fingerprint density at radius 1 is 1.12 bits per heavy atom. The molecule has 0 unspecified atom stereocenters. The molecule has 0 saturated carbocycles. The first kappa shape index (κ1) is 17.9. The molecule has 2 aromatic rings. The Morgan fingerprint density at radius 2 is 1.92 bits per heavy atom. The van der Waals surface area contributed by atoms with Gasteiger partial charge in [-0.15, -0.1) is 0 Å². The van der Waals surface area contributed by atoms with Crippen molar-refractivity contribution in [1.82, 2.24) is 14.9 Å². The summed E-state index contributed by atoms with van der Waals surface area (Å²) in [6.45, 7) is 7.55. The van der Waals surface area contributed by atoms with E-state index in [2.05, 4.69) is 19.8 Å². The number of halogens is 1. The Bertz CT molecular complexity index is 705. The average Bonchev–Trinajstić information content (AvgIpc) is 2.64. The van der Waals surface area contributed by atoms with Crippen LogP contribution >= 0.6 is 11.6 Å². The molecule has 1 fully saturated rings. The maximum atomic E-state index is 6.05. The second-order valence-corrected chi connectivity index (χ2v) is 6.46. The normalized spacial score (nSPS) is 15.4. The number of hydrogen-bond donors (Lipinski definition) is 0. The summed E-state index contributed by atoms with van der Waals surface area (Å²) in [6.07, 6.45) is 1.55. The molecule has 2 heterocycles. The van der Waals surface area contributed by atoms with Gasteiger partial charge in [-0.25, -0.2) is 9.97 Å². The van der Waals surface area contributed by atoms with E-state index in [1.165, 1.54) is 0 Å². The molecule has 0 N–H and O–H groups in total. The van der Waals surface area contributed by atoms with Crippen molar-refractivity contribution >= 4 is 17.4 Å². The van der Waals surface area contributed by atoms with E-state index in [9.17, 15) is 0 Å². The molecule has 0 radical (unpaired) electrons. The van der Waals surface area contributed by atoms with E-state index in [0.717, 1.165) is 61.5 Å². The van der Waals surface area contributed by atoms with Crippen LogP contribution in [-0.2, 0) is 4.74 Å². The predicted octanol–water partition coefficient (Wildman–Crippen LogP) is 3.00. The predicted molar refractivity (Wildman–Crippen MR) is 98.8 cm³/mol. The van der Waals surface area contributed by atoms with Crippen LogP contribution < -0.4 is 9.64 Å². The van der Waals surface area contributed by atoms with E-state index in [4.69, 9.17) is 21.1 Å². The lowest BCUT2D eigenvalue weighted by atomic mass is 10.2. The Morgan fingerprint density at radius 3 is 2.64 bits per heavy atom. The van der Waals surface area contributed by atoms with Crippen LogP contribution in [0.5, 0.6) is 11.6 Å². The van der Waals surface area contributed by atoms with Crippen LogP contribution in [0.1, 0.15) is 5.56 Å². The van der Waals surface area contributed by atoms with Crippen LogP contribution in [0.3, 0.4) is 0 Å². The molecule has 3 rings (SSSR count). The number of anilines is 1. The molecule has 7 heteroatoms. The van der Waals surface area contributed by atoms with Crippen molar-refractivity contribution in [3.8, 4) is 11.6 Å². The van der Waals surface area contributed by atoms with Crippen molar-refractivity contribution in [2.24, 2.45) is 0 Å². The van der Waals surface area contributed by atoms with E-state index in [1.54, 1.807) is 13.4 Å². The van der Waals surface area contributed by atoms with Crippen molar-refractivity contribution in [2.75, 3.05) is 51.3 Å². The van der Waals surface area contributed by atoms with Crippen LogP contribution in [0.15, 0.2) is 30.6 Å². The minimum atomic E-state index is 0.536. The molecule has 0 atom stereocenters. The second kappa shape index (κ2) is 8.47. The zero-order chi connectivity index (χ0) is 17.6. The number of rotatable bonds is 6. The summed E-state index contributed by atoms with van der Waals surface area (Å²) in [6, 6.07) is 7.45. The van der Waals surface area contributed by atoms with Gasteiger partial charge in [-0.3, -0.25) is 4.90 Å². The van der Waals surface area contributed by atoms with Gasteiger partial charge >= 0.3 is 0 Å². The topological polar surface area (TPSA) is 50.7 Å². The summed E-state index contributed by atoms with van der Waals surface area (Å²) in [5.41, 5.74) is 0.973. The highest BCUT2D eigenvalue weighted by Crippen LogP contribution is 2.26. The van der Waals surface area contributed by atoms with Crippen molar-refractivity contribution in [3.63, 3.8) is 0 Å². The van der Waals surface area contributed by atoms with Gasteiger partial charge in [-0.2, -0.15) is 0 Å². The highest BCUT2D eigenvalue weighted by molar-refractivity contribution is 6.31. The fourth-order valence-corrected chi connectivity index (χ4v) is 2.90. The Kier molecular flexibility index (Phi) is 6.07. The van der Waals surface area contributed by atoms with Gasteiger partial charge in [0.25, 0.3) is 0 Å². The SMILES string of the molecule is COCCN1CCN(c2cc(Oc3ccc(Cl)c(C)c3)ncn2)CC1. The van der Waals surface area contributed by atoms with Crippen LogP contribution in [0.2, 0.25) is 5.02 Å². The molecule has 134 valence electrons. The molecule has 0 aliphatic carbocycles. The van der Waals surface area contributed by atoms with E-state index in [0.29, 0.717) is 5.88 Å². The number of nitrogens with zero attached hydrogens (tertiary/aromatic N) is 4. The van der Waals surface area contributed by atoms with Crippen molar-refractivity contribution in [2.45, 2.75) is 6.92 Å². The number of hydrogen-bond acceptors (Lipinski definition) is 6. The smallest absolute Gasteiger partial charge is 0.224 e. The quantitative estimate of drug-likeness (QED) is 0.787. The van der Waals surface area contributed by atoms with Gasteiger partial charge in [-0.05, 0) is 30.7 Å². The second-order valence-electron chi connectivity index (χ2n) is 6.05. The minimum absolute atomic E-state index is 0.536. The van der Waals surface area contributed by atoms with Gasteiger partial charge in [0, 0.05) is 50.9 Å². The minimum Gasteiger partial charge on any atom is -0.439 e. The molecule has 1 aliphatic rings. The maximum Gasteiger partial charge on any atom is 0.224 e. The monoisotopic (exact) mass is 362 g/mol. The third kappa shape index (κ3) is 4.81. The molecule has 1 aliphatic heterocycles. The summed E-state index contributed by atoms with van der Waals surface area (Å²) in [7, 11) is 1.74. The molecule has 0 bridgehead atoms. The molecule has 1 saturated heterocycles. The third-order valence-electron chi connectivity index (χ3n) is 4.29. The van der Waals surface area contributed by atoms with Gasteiger partial charge in [0.05, 0.1) is 6.61 Å². The molecule has 1 aromatic heterocycles. The van der Waals surface area contributed by atoms with E-state index >= 15 is 0 Å². The Labute approximate surface area is 153 Å². The molecule has 0 amide bonds. The average molecular weight is 363 g/mol. The van der Waals surface area contributed by atoms with Crippen LogP contribution in [0.4, 0.5) is 5.82 Å². The van der Waals surface area contributed by atoms with Crippen molar-refractivity contribution in [3.05, 3.63) is 41.2 Å².